The Morgan fingerprint density at radius 3 is 1.94 bits per heavy atom. The summed E-state index contributed by atoms with van der Waals surface area (Å²) >= 11 is 0. The molecule has 2 atom stereocenters. The molecule has 0 amide bonds. The fraction of sp³-hybridized carbons (Fsp3) is 1.00. The van der Waals surface area contributed by atoms with E-state index in [1.54, 1.807) is 0 Å². The Bertz CT molecular complexity index is 257. The van der Waals surface area contributed by atoms with Gasteiger partial charge in [-0.2, -0.15) is 0 Å². The molecule has 0 aromatic rings. The molecule has 4 heteroatoms. The third kappa shape index (κ3) is 2.72. The third-order valence-corrected chi connectivity index (χ3v) is 5.07. The lowest BCUT2D eigenvalue weighted by Crippen LogP contribution is -2.57. The second-order valence-electron chi connectivity index (χ2n) is 6.19. The molecule has 18 heavy (non-hydrogen) atoms. The maximum Gasteiger partial charge on any atom is 0.0252 e. The van der Waals surface area contributed by atoms with Crippen LogP contribution in [-0.2, 0) is 0 Å². The Morgan fingerprint density at radius 2 is 1.33 bits per heavy atom. The monoisotopic (exact) mass is 252 g/mol. The zero-order chi connectivity index (χ0) is 12.4. The lowest BCUT2D eigenvalue weighted by atomic mass is 10.1. The highest BCUT2D eigenvalue weighted by Crippen LogP contribution is 2.29. The summed E-state index contributed by atoms with van der Waals surface area (Å²) in [4.78, 5) is 8.00. The molecule has 2 unspecified atom stereocenters. The van der Waals surface area contributed by atoms with Crippen molar-refractivity contribution in [2.24, 2.45) is 0 Å². The van der Waals surface area contributed by atoms with Crippen molar-refractivity contribution >= 4 is 0 Å². The molecule has 3 fully saturated rings. The van der Waals surface area contributed by atoms with Gasteiger partial charge in [0.15, 0.2) is 0 Å². The quantitative estimate of drug-likeness (QED) is 0.750. The number of piperazine rings is 2. The largest absolute Gasteiger partial charge is 0.314 e. The molecule has 3 rings (SSSR count). The Morgan fingerprint density at radius 1 is 0.778 bits per heavy atom. The first-order valence-electron chi connectivity index (χ1n) is 7.72. The van der Waals surface area contributed by atoms with Crippen molar-refractivity contribution < 1.29 is 0 Å². The van der Waals surface area contributed by atoms with Gasteiger partial charge in [0, 0.05) is 64.4 Å². The van der Waals surface area contributed by atoms with Crippen LogP contribution in [0.5, 0.6) is 0 Å². The van der Waals surface area contributed by atoms with Crippen LogP contribution in [0.3, 0.4) is 0 Å². The van der Waals surface area contributed by atoms with Gasteiger partial charge in [-0.3, -0.25) is 9.80 Å². The summed E-state index contributed by atoms with van der Waals surface area (Å²) in [6, 6.07) is 1.69. The predicted octanol–water partition coefficient (Wildman–Crippen LogP) is 0.0601. The molecule has 1 N–H and O–H groups in total. The zero-order valence-electron chi connectivity index (χ0n) is 11.8. The van der Waals surface area contributed by atoms with E-state index in [-0.39, 0.29) is 0 Å². The molecule has 0 aromatic carbocycles. The number of hydrogen-bond acceptors (Lipinski definition) is 4. The van der Waals surface area contributed by atoms with Crippen LogP contribution in [0.15, 0.2) is 0 Å². The first kappa shape index (κ1) is 12.9. The van der Waals surface area contributed by atoms with Crippen LogP contribution >= 0.6 is 0 Å². The first-order chi connectivity index (χ1) is 8.84. The lowest BCUT2D eigenvalue weighted by molar-refractivity contribution is 0.0556. The third-order valence-electron chi connectivity index (χ3n) is 5.07. The maximum absolute atomic E-state index is 3.48. The van der Waals surface area contributed by atoms with Crippen molar-refractivity contribution in [3.8, 4) is 0 Å². The van der Waals surface area contributed by atoms with Gasteiger partial charge in [0.05, 0.1) is 0 Å². The van der Waals surface area contributed by atoms with Crippen LogP contribution < -0.4 is 5.32 Å². The fourth-order valence-electron chi connectivity index (χ4n) is 3.94. The molecule has 2 aliphatic heterocycles. The number of nitrogens with zero attached hydrogens (tertiary/aromatic N) is 3. The number of likely N-dealkylation sites (N-methyl/N-ethyl adjacent to an activating group) is 1. The SMILES string of the molecule is CN1CCN(C2CCCC2N2CCNCC2)CC1. The average Bonchev–Trinajstić information content (AvgIpc) is 2.90. The molecule has 3 aliphatic rings. The topological polar surface area (TPSA) is 21.8 Å². The van der Waals surface area contributed by atoms with Gasteiger partial charge in [0.2, 0.25) is 0 Å². The summed E-state index contributed by atoms with van der Waals surface area (Å²) in [7, 11) is 2.25. The maximum atomic E-state index is 3.48. The fourth-order valence-corrected chi connectivity index (χ4v) is 3.94. The van der Waals surface area contributed by atoms with E-state index in [1.165, 1.54) is 71.6 Å². The van der Waals surface area contributed by atoms with E-state index < -0.39 is 0 Å². The van der Waals surface area contributed by atoms with Crippen LogP contribution in [0.2, 0.25) is 0 Å². The molecule has 2 heterocycles. The van der Waals surface area contributed by atoms with Gasteiger partial charge in [0.25, 0.3) is 0 Å². The summed E-state index contributed by atoms with van der Waals surface area (Å²) in [6.07, 6.45) is 4.29. The van der Waals surface area contributed by atoms with Crippen LogP contribution in [0.4, 0.5) is 0 Å². The van der Waals surface area contributed by atoms with Gasteiger partial charge >= 0.3 is 0 Å². The van der Waals surface area contributed by atoms with Gasteiger partial charge in [-0.25, -0.2) is 0 Å². The van der Waals surface area contributed by atoms with Gasteiger partial charge in [-0.1, -0.05) is 6.42 Å². The Hall–Kier alpha value is -0.160. The highest BCUT2D eigenvalue weighted by molar-refractivity contribution is 4.94. The summed E-state index contributed by atoms with van der Waals surface area (Å²) in [5.74, 6) is 0. The molecular formula is C14H28N4. The molecule has 104 valence electrons. The summed E-state index contributed by atoms with van der Waals surface area (Å²) < 4.78 is 0. The summed E-state index contributed by atoms with van der Waals surface area (Å²) in [6.45, 7) is 9.96. The van der Waals surface area contributed by atoms with Gasteiger partial charge in [-0.05, 0) is 19.9 Å². The summed E-state index contributed by atoms with van der Waals surface area (Å²) in [5.41, 5.74) is 0. The van der Waals surface area contributed by atoms with E-state index in [1.807, 2.05) is 0 Å². The lowest BCUT2D eigenvalue weighted by Gasteiger charge is -2.43. The van der Waals surface area contributed by atoms with Gasteiger partial charge < -0.3 is 10.2 Å². The van der Waals surface area contributed by atoms with Crippen LogP contribution in [0.1, 0.15) is 19.3 Å². The number of nitrogens with one attached hydrogen (secondary N) is 1. The van der Waals surface area contributed by atoms with E-state index >= 15 is 0 Å². The first-order valence-corrected chi connectivity index (χ1v) is 7.72. The highest BCUT2D eigenvalue weighted by atomic mass is 15.3. The minimum atomic E-state index is 0.843. The normalized spacial score (nSPS) is 37.2. The second-order valence-corrected chi connectivity index (χ2v) is 6.19. The van der Waals surface area contributed by atoms with E-state index in [9.17, 15) is 0 Å². The van der Waals surface area contributed by atoms with Gasteiger partial charge in [-0.15, -0.1) is 0 Å². The predicted molar refractivity (Wildman–Crippen MR) is 74.9 cm³/mol. The summed E-state index contributed by atoms with van der Waals surface area (Å²) in [5, 5.41) is 3.48. The van der Waals surface area contributed by atoms with Crippen LogP contribution in [0, 0.1) is 0 Å². The molecule has 1 aliphatic carbocycles. The van der Waals surface area contributed by atoms with E-state index in [2.05, 4.69) is 27.1 Å². The van der Waals surface area contributed by atoms with Crippen molar-refractivity contribution in [3.63, 3.8) is 0 Å². The van der Waals surface area contributed by atoms with E-state index in [0.29, 0.717) is 0 Å². The van der Waals surface area contributed by atoms with Gasteiger partial charge in [0.1, 0.15) is 0 Å². The molecular weight excluding hydrogens is 224 g/mol. The molecule has 0 bridgehead atoms. The van der Waals surface area contributed by atoms with Crippen LogP contribution in [0.25, 0.3) is 0 Å². The second kappa shape index (κ2) is 5.87. The number of hydrogen-bond donors (Lipinski definition) is 1. The molecule has 1 saturated carbocycles. The minimum absolute atomic E-state index is 0.843. The van der Waals surface area contributed by atoms with Crippen molar-refractivity contribution in [1.29, 1.82) is 0 Å². The number of rotatable bonds is 2. The molecule has 2 saturated heterocycles. The molecule has 0 radical (unpaired) electrons. The molecule has 4 nitrogen and oxygen atoms in total. The Balaban J connectivity index is 1.59. The Kier molecular flexibility index (Phi) is 4.19. The molecule has 0 spiro atoms. The zero-order valence-corrected chi connectivity index (χ0v) is 11.8. The Labute approximate surface area is 111 Å². The van der Waals surface area contributed by atoms with E-state index in [4.69, 9.17) is 0 Å². The minimum Gasteiger partial charge on any atom is -0.314 e. The van der Waals surface area contributed by atoms with Crippen molar-refractivity contribution in [3.05, 3.63) is 0 Å². The van der Waals surface area contributed by atoms with Crippen molar-refractivity contribution in [1.82, 2.24) is 20.0 Å². The van der Waals surface area contributed by atoms with Crippen molar-refractivity contribution in [2.75, 3.05) is 59.4 Å². The average molecular weight is 252 g/mol. The highest BCUT2D eigenvalue weighted by Gasteiger charge is 2.36. The van der Waals surface area contributed by atoms with E-state index in [0.717, 1.165) is 12.1 Å². The standard InChI is InChI=1S/C14H28N4/c1-16-9-11-18(12-10-16)14-4-2-3-13(14)17-7-5-15-6-8-17/h13-15H,2-12H2,1H3. The molecule has 0 aromatic heterocycles. The van der Waals surface area contributed by atoms with Crippen LogP contribution in [-0.4, -0.2) is 86.2 Å². The smallest absolute Gasteiger partial charge is 0.0252 e. The van der Waals surface area contributed by atoms with Crippen molar-refractivity contribution in [2.45, 2.75) is 31.3 Å².